The van der Waals surface area contributed by atoms with Crippen LogP contribution in [-0.4, -0.2) is 72.9 Å². The second-order valence-electron chi connectivity index (χ2n) is 7.22. The summed E-state index contributed by atoms with van der Waals surface area (Å²) in [6.07, 6.45) is 3.77. The first-order valence-electron chi connectivity index (χ1n) is 9.97. The zero-order valence-corrected chi connectivity index (χ0v) is 15.9. The lowest BCUT2D eigenvalue weighted by atomic mass is 10.2. The Morgan fingerprint density at radius 3 is 2.58 bits per heavy atom. The third-order valence-corrected chi connectivity index (χ3v) is 5.36. The normalized spacial score (nSPS) is 18.0. The van der Waals surface area contributed by atoms with Crippen LogP contribution < -0.4 is 10.2 Å². The molecule has 0 aromatic heterocycles. The van der Waals surface area contributed by atoms with Crippen LogP contribution in [0.15, 0.2) is 24.3 Å². The van der Waals surface area contributed by atoms with Crippen molar-refractivity contribution in [3.05, 3.63) is 24.3 Å². The maximum absolute atomic E-state index is 12.8. The third kappa shape index (κ3) is 4.89. The maximum Gasteiger partial charge on any atom is 0.322 e. The van der Waals surface area contributed by atoms with E-state index in [1.54, 1.807) is 0 Å². The molecule has 1 saturated heterocycles. The molecule has 1 aliphatic carbocycles. The van der Waals surface area contributed by atoms with Gasteiger partial charge in [-0.2, -0.15) is 0 Å². The van der Waals surface area contributed by atoms with Crippen molar-refractivity contribution < 1.29 is 9.90 Å². The topological polar surface area (TPSA) is 59.0 Å². The van der Waals surface area contributed by atoms with Crippen molar-refractivity contribution in [2.75, 3.05) is 56.1 Å². The lowest BCUT2D eigenvalue weighted by Crippen LogP contribution is -2.46. The highest BCUT2D eigenvalue weighted by Gasteiger charge is 2.32. The number of piperazine rings is 1. The SMILES string of the molecule is CCN1CCN(c2ccccc2NC(=O)N(CCCCO)C2CC2)CC1. The van der Waals surface area contributed by atoms with E-state index in [9.17, 15) is 4.79 Å². The van der Waals surface area contributed by atoms with Crippen LogP contribution in [0.1, 0.15) is 32.6 Å². The first kappa shape index (κ1) is 19.0. The Hall–Kier alpha value is -1.79. The summed E-state index contributed by atoms with van der Waals surface area (Å²) >= 11 is 0. The predicted octanol–water partition coefficient (Wildman–Crippen LogP) is 2.60. The number of carbonyl (C=O) groups excluding carboxylic acids is 1. The zero-order chi connectivity index (χ0) is 18.4. The zero-order valence-electron chi connectivity index (χ0n) is 15.9. The van der Waals surface area contributed by atoms with Gasteiger partial charge in [0.15, 0.2) is 0 Å². The van der Waals surface area contributed by atoms with E-state index < -0.39 is 0 Å². The molecule has 0 radical (unpaired) electrons. The Balaban J connectivity index is 1.64. The number of aliphatic hydroxyl groups is 1. The Kier molecular flexibility index (Phi) is 6.74. The van der Waals surface area contributed by atoms with Crippen molar-refractivity contribution in [2.45, 2.75) is 38.6 Å². The minimum Gasteiger partial charge on any atom is -0.396 e. The molecule has 0 spiro atoms. The van der Waals surface area contributed by atoms with E-state index in [-0.39, 0.29) is 12.6 Å². The van der Waals surface area contributed by atoms with E-state index in [1.165, 1.54) is 0 Å². The number of hydrogen-bond donors (Lipinski definition) is 2. The van der Waals surface area contributed by atoms with Gasteiger partial charge in [-0.25, -0.2) is 4.79 Å². The summed E-state index contributed by atoms with van der Waals surface area (Å²) in [7, 11) is 0. The molecule has 26 heavy (non-hydrogen) atoms. The highest BCUT2D eigenvalue weighted by Crippen LogP contribution is 2.30. The number of para-hydroxylation sites is 2. The molecule has 3 rings (SSSR count). The molecule has 2 amide bonds. The largest absolute Gasteiger partial charge is 0.396 e. The van der Waals surface area contributed by atoms with Gasteiger partial charge in [-0.3, -0.25) is 0 Å². The second kappa shape index (κ2) is 9.24. The van der Waals surface area contributed by atoms with Crippen LogP contribution in [0.4, 0.5) is 16.2 Å². The molecular weight excluding hydrogens is 328 g/mol. The van der Waals surface area contributed by atoms with Gasteiger partial charge in [0, 0.05) is 45.4 Å². The van der Waals surface area contributed by atoms with Crippen molar-refractivity contribution in [3.8, 4) is 0 Å². The third-order valence-electron chi connectivity index (χ3n) is 5.36. The number of likely N-dealkylation sites (N-methyl/N-ethyl adjacent to an activating group) is 1. The van der Waals surface area contributed by atoms with E-state index in [2.05, 4.69) is 28.1 Å². The maximum atomic E-state index is 12.8. The van der Waals surface area contributed by atoms with Gasteiger partial charge in [-0.1, -0.05) is 19.1 Å². The lowest BCUT2D eigenvalue weighted by molar-refractivity contribution is 0.204. The minimum atomic E-state index is -0.00918. The molecule has 2 fully saturated rings. The smallest absolute Gasteiger partial charge is 0.322 e. The summed E-state index contributed by atoms with van der Waals surface area (Å²) in [5, 5.41) is 12.1. The molecule has 0 atom stereocenters. The second-order valence-corrected chi connectivity index (χ2v) is 7.22. The van der Waals surface area contributed by atoms with Gasteiger partial charge >= 0.3 is 6.03 Å². The number of carbonyl (C=O) groups is 1. The monoisotopic (exact) mass is 360 g/mol. The predicted molar refractivity (Wildman–Crippen MR) is 106 cm³/mol. The first-order valence-corrected chi connectivity index (χ1v) is 9.97. The molecule has 1 aliphatic heterocycles. The van der Waals surface area contributed by atoms with Gasteiger partial charge in [-0.05, 0) is 44.4 Å². The number of rotatable bonds is 8. The molecule has 1 aromatic rings. The Bertz CT molecular complexity index is 583. The van der Waals surface area contributed by atoms with E-state index >= 15 is 0 Å². The number of aliphatic hydroxyl groups excluding tert-OH is 1. The fourth-order valence-electron chi connectivity index (χ4n) is 3.58. The number of nitrogens with zero attached hydrogens (tertiary/aromatic N) is 3. The van der Waals surface area contributed by atoms with Crippen LogP contribution in [0.25, 0.3) is 0 Å². The molecule has 6 nitrogen and oxygen atoms in total. The molecule has 2 N–H and O–H groups in total. The molecular formula is C20H32N4O2. The summed E-state index contributed by atoms with van der Waals surface area (Å²) in [6.45, 7) is 8.31. The quantitative estimate of drug-likeness (QED) is 0.700. The molecule has 1 heterocycles. The van der Waals surface area contributed by atoms with Gasteiger partial charge in [0.2, 0.25) is 0 Å². The Labute approximate surface area is 156 Å². The number of unbranched alkanes of at least 4 members (excludes halogenated alkanes) is 1. The summed E-state index contributed by atoms with van der Waals surface area (Å²) in [6, 6.07) is 8.48. The highest BCUT2D eigenvalue weighted by molar-refractivity contribution is 5.93. The molecule has 1 saturated carbocycles. The van der Waals surface area contributed by atoms with Gasteiger partial charge in [0.05, 0.1) is 11.4 Å². The van der Waals surface area contributed by atoms with Crippen molar-refractivity contribution in [3.63, 3.8) is 0 Å². The molecule has 144 valence electrons. The van der Waals surface area contributed by atoms with Gasteiger partial charge < -0.3 is 25.1 Å². The Morgan fingerprint density at radius 2 is 1.92 bits per heavy atom. The lowest BCUT2D eigenvalue weighted by Gasteiger charge is -2.36. The number of amides is 2. The molecule has 0 bridgehead atoms. The number of urea groups is 1. The van der Waals surface area contributed by atoms with Crippen LogP contribution in [0, 0.1) is 0 Å². The van der Waals surface area contributed by atoms with Crippen LogP contribution in [-0.2, 0) is 0 Å². The van der Waals surface area contributed by atoms with Gasteiger partial charge in [0.1, 0.15) is 0 Å². The van der Waals surface area contributed by atoms with Crippen LogP contribution in [0.3, 0.4) is 0 Å². The standard InChI is InChI=1S/C20H32N4O2/c1-2-22-12-14-23(15-13-22)19-8-4-3-7-18(19)21-20(26)24(17-9-10-17)11-5-6-16-25/h3-4,7-8,17,25H,2,5-6,9-16H2,1H3,(H,21,26). The van der Waals surface area contributed by atoms with E-state index in [0.717, 1.165) is 69.8 Å². The van der Waals surface area contributed by atoms with Crippen LogP contribution >= 0.6 is 0 Å². The van der Waals surface area contributed by atoms with Crippen LogP contribution in [0.5, 0.6) is 0 Å². The summed E-state index contributed by atoms with van der Waals surface area (Å²) in [5.74, 6) is 0. The number of hydrogen-bond acceptors (Lipinski definition) is 4. The number of anilines is 2. The molecule has 2 aliphatic rings. The fraction of sp³-hybridized carbons (Fsp3) is 0.650. The molecule has 6 heteroatoms. The van der Waals surface area contributed by atoms with Gasteiger partial charge in [0.25, 0.3) is 0 Å². The molecule has 1 aromatic carbocycles. The number of nitrogens with one attached hydrogen (secondary N) is 1. The van der Waals surface area contributed by atoms with Crippen molar-refractivity contribution in [1.29, 1.82) is 0 Å². The van der Waals surface area contributed by atoms with E-state index in [1.807, 2.05) is 23.1 Å². The first-order chi connectivity index (χ1) is 12.7. The number of benzene rings is 1. The Morgan fingerprint density at radius 1 is 1.19 bits per heavy atom. The van der Waals surface area contributed by atoms with Gasteiger partial charge in [-0.15, -0.1) is 0 Å². The summed E-state index contributed by atoms with van der Waals surface area (Å²) in [5.41, 5.74) is 2.01. The van der Waals surface area contributed by atoms with Crippen molar-refractivity contribution >= 4 is 17.4 Å². The summed E-state index contributed by atoms with van der Waals surface area (Å²) in [4.78, 5) is 19.6. The average Bonchev–Trinajstić information content (AvgIpc) is 3.51. The fourth-order valence-corrected chi connectivity index (χ4v) is 3.58. The van der Waals surface area contributed by atoms with Crippen molar-refractivity contribution in [1.82, 2.24) is 9.80 Å². The highest BCUT2D eigenvalue weighted by atomic mass is 16.3. The average molecular weight is 361 g/mol. The van der Waals surface area contributed by atoms with E-state index in [4.69, 9.17) is 5.11 Å². The van der Waals surface area contributed by atoms with Crippen LogP contribution in [0.2, 0.25) is 0 Å². The van der Waals surface area contributed by atoms with E-state index in [0.29, 0.717) is 12.6 Å². The summed E-state index contributed by atoms with van der Waals surface area (Å²) < 4.78 is 0. The van der Waals surface area contributed by atoms with Crippen molar-refractivity contribution in [2.24, 2.45) is 0 Å². The minimum absolute atomic E-state index is 0.00918. The molecule has 0 unspecified atom stereocenters.